The van der Waals surface area contributed by atoms with E-state index in [0.717, 1.165) is 19.5 Å². The predicted molar refractivity (Wildman–Crippen MR) is 57.6 cm³/mol. The fraction of sp³-hybridized carbons (Fsp3) is 0.778. The van der Waals surface area contributed by atoms with E-state index in [-0.39, 0.29) is 11.8 Å². The molecule has 0 spiro atoms. The molecule has 1 rings (SSSR count). The zero-order valence-electron chi connectivity index (χ0n) is 8.57. The summed E-state index contributed by atoms with van der Waals surface area (Å²) in [5.41, 5.74) is 0. The van der Waals surface area contributed by atoms with Crippen LogP contribution in [0.2, 0.25) is 0 Å². The molecule has 1 saturated heterocycles. The molecule has 1 heterocycles. The molecule has 14 heavy (non-hydrogen) atoms. The normalized spacial score (nSPS) is 22.9. The number of hydrogen-bond acceptors (Lipinski definition) is 3. The summed E-state index contributed by atoms with van der Waals surface area (Å²) in [5, 5.41) is 3.17. The van der Waals surface area contributed by atoms with Gasteiger partial charge in [-0.3, -0.25) is 0 Å². The Morgan fingerprint density at radius 2 is 2.36 bits per heavy atom. The average molecular weight is 218 g/mol. The van der Waals surface area contributed by atoms with Gasteiger partial charge in [-0.25, -0.2) is 8.42 Å². The molecule has 5 heteroatoms. The standard InChI is InChI=1S/C9H18N2O2S/c1-3-7-14(12,13)11(4-2)9-5-6-10-8-9/h3,9-10H,1,4-8H2,2H3. The van der Waals surface area contributed by atoms with E-state index in [2.05, 4.69) is 11.9 Å². The molecule has 0 aromatic heterocycles. The van der Waals surface area contributed by atoms with Gasteiger partial charge in [0.1, 0.15) is 0 Å². The molecule has 4 nitrogen and oxygen atoms in total. The van der Waals surface area contributed by atoms with Gasteiger partial charge in [-0.05, 0) is 13.0 Å². The van der Waals surface area contributed by atoms with Crippen LogP contribution in [-0.4, -0.2) is 44.2 Å². The fourth-order valence-corrected chi connectivity index (χ4v) is 3.33. The summed E-state index contributed by atoms with van der Waals surface area (Å²) in [7, 11) is -3.13. The van der Waals surface area contributed by atoms with Crippen LogP contribution >= 0.6 is 0 Å². The van der Waals surface area contributed by atoms with Gasteiger partial charge in [-0.15, -0.1) is 6.58 Å². The molecule has 82 valence electrons. The number of likely N-dealkylation sites (N-methyl/N-ethyl adjacent to an activating group) is 1. The molecule has 0 saturated carbocycles. The molecule has 0 aliphatic carbocycles. The van der Waals surface area contributed by atoms with Crippen molar-refractivity contribution >= 4 is 10.0 Å². The van der Waals surface area contributed by atoms with Crippen molar-refractivity contribution in [2.24, 2.45) is 0 Å². The van der Waals surface area contributed by atoms with Crippen molar-refractivity contribution in [1.29, 1.82) is 0 Å². The molecule has 0 aromatic carbocycles. The fourth-order valence-electron chi connectivity index (χ4n) is 1.81. The first-order chi connectivity index (χ1) is 6.61. The Balaban J connectivity index is 2.74. The highest BCUT2D eigenvalue weighted by atomic mass is 32.2. The van der Waals surface area contributed by atoms with Crippen LogP contribution in [-0.2, 0) is 10.0 Å². The topological polar surface area (TPSA) is 49.4 Å². The summed E-state index contributed by atoms with van der Waals surface area (Å²) in [6.07, 6.45) is 2.35. The second-order valence-corrected chi connectivity index (χ2v) is 5.38. The number of nitrogens with one attached hydrogen (secondary N) is 1. The molecule has 1 N–H and O–H groups in total. The first-order valence-electron chi connectivity index (χ1n) is 4.93. The predicted octanol–water partition coefficient (Wildman–Crippen LogP) is 0.186. The third kappa shape index (κ3) is 2.56. The summed E-state index contributed by atoms with van der Waals surface area (Å²) in [6, 6.07) is 0.130. The van der Waals surface area contributed by atoms with Crippen molar-refractivity contribution in [3.63, 3.8) is 0 Å². The lowest BCUT2D eigenvalue weighted by Gasteiger charge is -2.25. The molecule has 1 atom stereocenters. The minimum atomic E-state index is -3.13. The van der Waals surface area contributed by atoms with Gasteiger partial charge in [0.15, 0.2) is 0 Å². The van der Waals surface area contributed by atoms with Crippen molar-refractivity contribution in [2.45, 2.75) is 19.4 Å². The summed E-state index contributed by atoms with van der Waals surface area (Å²) in [4.78, 5) is 0. The summed E-state index contributed by atoms with van der Waals surface area (Å²) in [5.74, 6) is 0.0390. The number of hydrogen-bond donors (Lipinski definition) is 1. The highest BCUT2D eigenvalue weighted by Gasteiger charge is 2.29. The SMILES string of the molecule is C=CCS(=O)(=O)N(CC)C1CCNC1. The van der Waals surface area contributed by atoms with Gasteiger partial charge in [0, 0.05) is 19.1 Å². The van der Waals surface area contributed by atoms with Gasteiger partial charge in [0.05, 0.1) is 5.75 Å². The van der Waals surface area contributed by atoms with Crippen LogP contribution in [0.1, 0.15) is 13.3 Å². The lowest BCUT2D eigenvalue weighted by molar-refractivity contribution is 0.350. The van der Waals surface area contributed by atoms with Gasteiger partial charge >= 0.3 is 0 Å². The minimum Gasteiger partial charge on any atom is -0.315 e. The smallest absolute Gasteiger partial charge is 0.217 e. The number of nitrogens with zero attached hydrogens (tertiary/aromatic N) is 1. The van der Waals surface area contributed by atoms with E-state index in [9.17, 15) is 8.42 Å². The average Bonchev–Trinajstić information content (AvgIpc) is 2.57. The Kier molecular flexibility index (Phi) is 4.10. The highest BCUT2D eigenvalue weighted by Crippen LogP contribution is 2.13. The molecular weight excluding hydrogens is 200 g/mol. The minimum absolute atomic E-state index is 0.0390. The van der Waals surface area contributed by atoms with E-state index in [1.165, 1.54) is 6.08 Å². The Morgan fingerprint density at radius 1 is 1.64 bits per heavy atom. The van der Waals surface area contributed by atoms with Crippen LogP contribution in [0.25, 0.3) is 0 Å². The molecule has 1 aliphatic rings. The summed E-state index contributed by atoms with van der Waals surface area (Å²) < 4.78 is 25.1. The van der Waals surface area contributed by atoms with Crippen molar-refractivity contribution < 1.29 is 8.42 Å². The van der Waals surface area contributed by atoms with Crippen LogP contribution in [0, 0.1) is 0 Å². The monoisotopic (exact) mass is 218 g/mol. The number of rotatable bonds is 5. The maximum absolute atomic E-state index is 11.8. The first-order valence-corrected chi connectivity index (χ1v) is 6.54. The Morgan fingerprint density at radius 3 is 2.79 bits per heavy atom. The van der Waals surface area contributed by atoms with Crippen LogP contribution in [0.5, 0.6) is 0 Å². The van der Waals surface area contributed by atoms with E-state index >= 15 is 0 Å². The Labute approximate surface area is 86.0 Å². The molecule has 0 bridgehead atoms. The van der Waals surface area contributed by atoms with Gasteiger partial charge in [-0.1, -0.05) is 13.0 Å². The maximum Gasteiger partial charge on any atom is 0.217 e. The largest absolute Gasteiger partial charge is 0.315 e. The third-order valence-corrected chi connectivity index (χ3v) is 4.37. The zero-order chi connectivity index (χ0) is 10.6. The highest BCUT2D eigenvalue weighted by molar-refractivity contribution is 7.89. The van der Waals surface area contributed by atoms with E-state index in [1.807, 2.05) is 6.92 Å². The van der Waals surface area contributed by atoms with E-state index in [0.29, 0.717) is 6.54 Å². The van der Waals surface area contributed by atoms with E-state index in [4.69, 9.17) is 0 Å². The lowest BCUT2D eigenvalue weighted by atomic mass is 10.3. The molecular formula is C9H18N2O2S. The number of sulfonamides is 1. The van der Waals surface area contributed by atoms with Crippen LogP contribution in [0.4, 0.5) is 0 Å². The van der Waals surface area contributed by atoms with Crippen molar-refractivity contribution in [1.82, 2.24) is 9.62 Å². The lowest BCUT2D eigenvalue weighted by Crippen LogP contribution is -2.42. The quantitative estimate of drug-likeness (QED) is 0.670. The van der Waals surface area contributed by atoms with Gasteiger partial charge < -0.3 is 5.32 Å². The van der Waals surface area contributed by atoms with Crippen LogP contribution in [0.15, 0.2) is 12.7 Å². The van der Waals surface area contributed by atoms with Crippen molar-refractivity contribution in [3.05, 3.63) is 12.7 Å². The third-order valence-electron chi connectivity index (χ3n) is 2.44. The first kappa shape index (κ1) is 11.7. The zero-order valence-corrected chi connectivity index (χ0v) is 9.39. The van der Waals surface area contributed by atoms with Crippen molar-refractivity contribution in [3.8, 4) is 0 Å². The Hall–Kier alpha value is -0.390. The molecule has 0 aromatic rings. The van der Waals surface area contributed by atoms with Gasteiger partial charge in [0.25, 0.3) is 0 Å². The van der Waals surface area contributed by atoms with Crippen LogP contribution < -0.4 is 5.32 Å². The van der Waals surface area contributed by atoms with E-state index in [1.54, 1.807) is 4.31 Å². The second-order valence-electron chi connectivity index (χ2n) is 3.42. The van der Waals surface area contributed by atoms with Gasteiger partial charge in [0.2, 0.25) is 10.0 Å². The molecule has 1 aliphatic heterocycles. The van der Waals surface area contributed by atoms with Crippen molar-refractivity contribution in [2.75, 3.05) is 25.4 Å². The van der Waals surface area contributed by atoms with Crippen LogP contribution in [0.3, 0.4) is 0 Å². The summed E-state index contributed by atoms with van der Waals surface area (Å²) in [6.45, 7) is 7.56. The Bertz CT molecular complexity index is 281. The van der Waals surface area contributed by atoms with Gasteiger partial charge in [-0.2, -0.15) is 4.31 Å². The molecule has 1 unspecified atom stereocenters. The van der Waals surface area contributed by atoms with E-state index < -0.39 is 10.0 Å². The molecule has 0 amide bonds. The molecule has 0 radical (unpaired) electrons. The molecule has 1 fully saturated rings. The summed E-state index contributed by atoms with van der Waals surface area (Å²) >= 11 is 0. The maximum atomic E-state index is 11.8. The second kappa shape index (κ2) is 4.91.